The van der Waals surface area contributed by atoms with E-state index in [4.69, 9.17) is 9.15 Å². The van der Waals surface area contributed by atoms with Gasteiger partial charge in [-0.25, -0.2) is 0 Å². The van der Waals surface area contributed by atoms with E-state index in [1.807, 2.05) is 19.9 Å². The molecular weight excluding hydrogens is 268 g/mol. The Morgan fingerprint density at radius 3 is 3.05 bits per heavy atom. The zero-order valence-electron chi connectivity index (χ0n) is 12.7. The Hall–Kier alpha value is -1.33. The Labute approximate surface area is 125 Å². The fraction of sp³-hybridized carbons (Fsp3) is 0.688. The van der Waals surface area contributed by atoms with Crippen LogP contribution in [-0.4, -0.2) is 42.1 Å². The van der Waals surface area contributed by atoms with Crippen molar-refractivity contribution < 1.29 is 13.9 Å². The van der Waals surface area contributed by atoms with Crippen molar-refractivity contribution in [3.05, 3.63) is 24.2 Å². The van der Waals surface area contributed by atoms with Gasteiger partial charge in [-0.15, -0.1) is 0 Å². The third-order valence-electron chi connectivity index (χ3n) is 4.42. The monoisotopic (exact) mass is 292 g/mol. The van der Waals surface area contributed by atoms with Gasteiger partial charge in [-0.3, -0.25) is 9.69 Å². The minimum atomic E-state index is 0.0762. The first-order valence-electron chi connectivity index (χ1n) is 7.80. The Morgan fingerprint density at radius 2 is 2.33 bits per heavy atom. The summed E-state index contributed by atoms with van der Waals surface area (Å²) in [7, 11) is 0. The van der Waals surface area contributed by atoms with Crippen molar-refractivity contribution in [3.8, 4) is 0 Å². The smallest absolute Gasteiger partial charge is 0.223 e. The lowest BCUT2D eigenvalue weighted by molar-refractivity contribution is -0.125. The molecule has 0 spiro atoms. The van der Waals surface area contributed by atoms with E-state index >= 15 is 0 Å². The van der Waals surface area contributed by atoms with E-state index in [0.717, 1.165) is 32.5 Å². The number of nitrogens with zero attached hydrogens (tertiary/aromatic N) is 1. The van der Waals surface area contributed by atoms with Crippen LogP contribution in [0.4, 0.5) is 0 Å². The molecule has 1 saturated carbocycles. The Morgan fingerprint density at radius 1 is 1.48 bits per heavy atom. The first kappa shape index (κ1) is 14.6. The number of hydrogen-bond acceptors (Lipinski definition) is 4. The molecule has 2 fully saturated rings. The van der Waals surface area contributed by atoms with Crippen molar-refractivity contribution in [1.29, 1.82) is 0 Å². The van der Waals surface area contributed by atoms with Gasteiger partial charge in [0.25, 0.3) is 0 Å². The lowest BCUT2D eigenvalue weighted by Crippen LogP contribution is -2.47. The second-order valence-electron chi connectivity index (χ2n) is 6.41. The first-order chi connectivity index (χ1) is 10.1. The summed E-state index contributed by atoms with van der Waals surface area (Å²) >= 11 is 0. The Kier molecular flexibility index (Phi) is 4.31. The second-order valence-corrected chi connectivity index (χ2v) is 6.41. The van der Waals surface area contributed by atoms with Gasteiger partial charge in [-0.05, 0) is 32.8 Å². The largest absolute Gasteiger partial charge is 0.472 e. The van der Waals surface area contributed by atoms with Gasteiger partial charge in [0, 0.05) is 36.7 Å². The van der Waals surface area contributed by atoms with Crippen LogP contribution in [0, 0.1) is 5.92 Å². The molecule has 116 valence electrons. The number of carbonyl (C=O) groups is 1. The van der Waals surface area contributed by atoms with E-state index in [0.29, 0.717) is 6.04 Å². The van der Waals surface area contributed by atoms with Crippen molar-refractivity contribution in [1.82, 2.24) is 10.2 Å². The minimum absolute atomic E-state index is 0.0762. The molecule has 5 heteroatoms. The summed E-state index contributed by atoms with van der Waals surface area (Å²) in [5.74, 6) is 0.249. The van der Waals surface area contributed by atoms with E-state index in [9.17, 15) is 4.79 Å². The summed E-state index contributed by atoms with van der Waals surface area (Å²) < 4.78 is 11.0. The highest BCUT2D eigenvalue weighted by Gasteiger charge is 2.43. The van der Waals surface area contributed by atoms with Crippen LogP contribution < -0.4 is 5.32 Å². The highest BCUT2D eigenvalue weighted by molar-refractivity contribution is 5.79. The number of morpholine rings is 1. The van der Waals surface area contributed by atoms with E-state index in [1.54, 1.807) is 12.5 Å². The van der Waals surface area contributed by atoms with Crippen molar-refractivity contribution in [2.75, 3.05) is 13.2 Å². The predicted molar refractivity (Wildman–Crippen MR) is 78.6 cm³/mol. The summed E-state index contributed by atoms with van der Waals surface area (Å²) in [5.41, 5.74) is 1.19. The molecule has 5 nitrogen and oxygen atoms in total. The molecule has 1 aromatic rings. The molecule has 1 aliphatic heterocycles. The van der Waals surface area contributed by atoms with Crippen molar-refractivity contribution in [2.24, 2.45) is 5.92 Å². The maximum atomic E-state index is 12.2. The molecule has 3 rings (SSSR count). The molecule has 3 atom stereocenters. The quantitative estimate of drug-likeness (QED) is 0.919. The molecule has 2 aliphatic rings. The van der Waals surface area contributed by atoms with Crippen LogP contribution in [0.1, 0.15) is 32.3 Å². The van der Waals surface area contributed by atoms with Gasteiger partial charge in [-0.1, -0.05) is 0 Å². The van der Waals surface area contributed by atoms with Gasteiger partial charge in [0.2, 0.25) is 5.91 Å². The number of carbonyl (C=O) groups excluding carboxylic acids is 1. The molecule has 2 heterocycles. The zero-order valence-corrected chi connectivity index (χ0v) is 12.7. The summed E-state index contributed by atoms with van der Waals surface area (Å²) in [4.78, 5) is 14.7. The third kappa shape index (κ3) is 3.30. The lowest BCUT2D eigenvalue weighted by Gasteiger charge is -2.37. The second kappa shape index (κ2) is 6.20. The van der Waals surface area contributed by atoms with Gasteiger partial charge < -0.3 is 14.5 Å². The molecule has 1 aromatic heterocycles. The van der Waals surface area contributed by atoms with Crippen LogP contribution in [0.2, 0.25) is 0 Å². The SMILES string of the molecule is CC(C)NC(=O)[C@H]1C[C@@H]2[C@@H](C1)OCCN2Cc1ccoc1. The summed E-state index contributed by atoms with van der Waals surface area (Å²) in [6.45, 7) is 6.55. The molecule has 0 bridgehead atoms. The summed E-state index contributed by atoms with van der Waals surface area (Å²) in [6, 6.07) is 2.54. The number of nitrogens with one attached hydrogen (secondary N) is 1. The average molecular weight is 292 g/mol. The molecule has 1 amide bonds. The molecule has 1 saturated heterocycles. The number of furan rings is 1. The number of fused-ring (bicyclic) bond motifs is 1. The normalized spacial score (nSPS) is 29.6. The Bertz CT molecular complexity index is 472. The number of amides is 1. The van der Waals surface area contributed by atoms with Gasteiger partial charge in [0.05, 0.1) is 25.2 Å². The summed E-state index contributed by atoms with van der Waals surface area (Å²) in [6.07, 6.45) is 5.42. The van der Waals surface area contributed by atoms with E-state index in [2.05, 4.69) is 10.2 Å². The van der Waals surface area contributed by atoms with Gasteiger partial charge in [0.1, 0.15) is 0 Å². The van der Waals surface area contributed by atoms with E-state index < -0.39 is 0 Å². The lowest BCUT2D eigenvalue weighted by atomic mass is 10.1. The zero-order chi connectivity index (χ0) is 14.8. The predicted octanol–water partition coefficient (Wildman–Crippen LogP) is 1.78. The molecule has 1 aliphatic carbocycles. The Balaban J connectivity index is 1.63. The third-order valence-corrected chi connectivity index (χ3v) is 4.42. The standard InChI is InChI=1S/C16H24N2O3/c1-11(2)17-16(19)13-7-14-15(8-13)21-6-4-18(14)9-12-3-5-20-10-12/h3,5,10-11,13-15H,4,6-9H2,1-2H3,(H,17,19)/t13-,14+,15+/m0/s1. The van der Waals surface area contributed by atoms with Crippen LogP contribution in [0.5, 0.6) is 0 Å². The van der Waals surface area contributed by atoms with Crippen LogP contribution in [0.3, 0.4) is 0 Å². The molecule has 21 heavy (non-hydrogen) atoms. The van der Waals surface area contributed by atoms with Crippen molar-refractivity contribution >= 4 is 5.91 Å². The molecule has 0 unspecified atom stereocenters. The minimum Gasteiger partial charge on any atom is -0.472 e. The van der Waals surface area contributed by atoms with Crippen LogP contribution in [-0.2, 0) is 16.1 Å². The highest BCUT2D eigenvalue weighted by atomic mass is 16.5. The molecular formula is C16H24N2O3. The van der Waals surface area contributed by atoms with Crippen LogP contribution in [0.15, 0.2) is 23.0 Å². The van der Waals surface area contributed by atoms with Gasteiger partial charge in [0.15, 0.2) is 0 Å². The fourth-order valence-corrected chi connectivity index (χ4v) is 3.46. The topological polar surface area (TPSA) is 54.7 Å². The van der Waals surface area contributed by atoms with Crippen LogP contribution >= 0.6 is 0 Å². The summed E-state index contributed by atoms with van der Waals surface area (Å²) in [5, 5.41) is 3.03. The van der Waals surface area contributed by atoms with Crippen molar-refractivity contribution in [3.63, 3.8) is 0 Å². The average Bonchev–Trinajstić information content (AvgIpc) is 3.06. The molecule has 1 N–H and O–H groups in total. The van der Waals surface area contributed by atoms with Crippen molar-refractivity contribution in [2.45, 2.75) is 51.4 Å². The fourth-order valence-electron chi connectivity index (χ4n) is 3.46. The molecule has 0 aromatic carbocycles. The van der Waals surface area contributed by atoms with Gasteiger partial charge >= 0.3 is 0 Å². The maximum Gasteiger partial charge on any atom is 0.223 e. The number of hydrogen-bond donors (Lipinski definition) is 1. The van der Waals surface area contributed by atoms with Crippen LogP contribution in [0.25, 0.3) is 0 Å². The number of rotatable bonds is 4. The molecule has 0 radical (unpaired) electrons. The highest BCUT2D eigenvalue weighted by Crippen LogP contribution is 2.35. The maximum absolute atomic E-state index is 12.2. The first-order valence-corrected chi connectivity index (χ1v) is 7.80. The van der Waals surface area contributed by atoms with Gasteiger partial charge in [-0.2, -0.15) is 0 Å². The van der Waals surface area contributed by atoms with E-state index in [-0.39, 0.29) is 24.0 Å². The van der Waals surface area contributed by atoms with E-state index in [1.165, 1.54) is 5.56 Å². The number of ether oxygens (including phenoxy) is 1.